The first-order valence-electron chi connectivity index (χ1n) is 7.31. The highest BCUT2D eigenvalue weighted by Gasteiger charge is 2.17. The number of amides is 1. The van der Waals surface area contributed by atoms with Crippen molar-refractivity contribution in [1.82, 2.24) is 10.2 Å². The Morgan fingerprint density at radius 2 is 1.90 bits per heavy atom. The van der Waals surface area contributed by atoms with Crippen molar-refractivity contribution < 1.29 is 4.79 Å². The number of nitrogens with two attached hydrogens (primary N) is 1. The zero-order valence-corrected chi connectivity index (χ0v) is 13.1. The Morgan fingerprint density at radius 1 is 1.25 bits per heavy atom. The van der Waals surface area contributed by atoms with Gasteiger partial charge in [0, 0.05) is 13.1 Å². The fourth-order valence-corrected chi connectivity index (χ4v) is 2.23. The summed E-state index contributed by atoms with van der Waals surface area (Å²) in [7, 11) is 0. The fourth-order valence-electron chi connectivity index (χ4n) is 2.23. The standard InChI is InChI=1S/C16H27N3O/c1-5-19(6-2)10-9-18-15(16(17)20)14-8-7-12(3)13(4)11-14/h7-8,11,15,18H,5-6,9-10H2,1-4H3,(H2,17,20). The van der Waals surface area contributed by atoms with Crippen molar-refractivity contribution in [1.29, 1.82) is 0 Å². The molecule has 0 aromatic heterocycles. The Bertz CT molecular complexity index is 441. The minimum atomic E-state index is -0.412. The lowest BCUT2D eigenvalue weighted by molar-refractivity contribution is -0.120. The van der Waals surface area contributed by atoms with Crippen molar-refractivity contribution in [2.24, 2.45) is 5.73 Å². The summed E-state index contributed by atoms with van der Waals surface area (Å²) in [5, 5.41) is 3.27. The molecular formula is C16H27N3O. The lowest BCUT2D eigenvalue weighted by Crippen LogP contribution is -2.38. The minimum Gasteiger partial charge on any atom is -0.368 e. The molecular weight excluding hydrogens is 250 g/mol. The van der Waals surface area contributed by atoms with Crippen LogP contribution < -0.4 is 11.1 Å². The van der Waals surface area contributed by atoms with Crippen LogP contribution in [-0.4, -0.2) is 37.0 Å². The molecule has 0 aliphatic carbocycles. The highest BCUT2D eigenvalue weighted by Crippen LogP contribution is 2.16. The van der Waals surface area contributed by atoms with Crippen LogP contribution in [-0.2, 0) is 4.79 Å². The van der Waals surface area contributed by atoms with Crippen LogP contribution in [0, 0.1) is 13.8 Å². The molecule has 0 saturated heterocycles. The van der Waals surface area contributed by atoms with E-state index in [1.54, 1.807) is 0 Å². The molecule has 0 fully saturated rings. The summed E-state index contributed by atoms with van der Waals surface area (Å²) in [6.45, 7) is 12.1. The highest BCUT2D eigenvalue weighted by atomic mass is 16.1. The van der Waals surface area contributed by atoms with Crippen molar-refractivity contribution in [2.75, 3.05) is 26.2 Å². The predicted octanol–water partition coefficient (Wildman–Crippen LogP) is 1.76. The second-order valence-corrected chi connectivity index (χ2v) is 5.16. The SMILES string of the molecule is CCN(CC)CCNC(C(N)=O)c1ccc(C)c(C)c1. The van der Waals surface area contributed by atoms with E-state index in [9.17, 15) is 4.79 Å². The number of rotatable bonds is 8. The van der Waals surface area contributed by atoms with E-state index in [2.05, 4.69) is 31.0 Å². The zero-order valence-electron chi connectivity index (χ0n) is 13.1. The van der Waals surface area contributed by atoms with Gasteiger partial charge < -0.3 is 16.0 Å². The smallest absolute Gasteiger partial charge is 0.239 e. The van der Waals surface area contributed by atoms with Gasteiger partial charge in [-0.3, -0.25) is 4.79 Å². The van der Waals surface area contributed by atoms with Gasteiger partial charge in [-0.25, -0.2) is 0 Å². The Hall–Kier alpha value is -1.39. The number of benzene rings is 1. The van der Waals surface area contributed by atoms with E-state index in [-0.39, 0.29) is 5.91 Å². The van der Waals surface area contributed by atoms with E-state index in [4.69, 9.17) is 5.73 Å². The summed E-state index contributed by atoms with van der Waals surface area (Å²) in [6.07, 6.45) is 0. The highest BCUT2D eigenvalue weighted by molar-refractivity contribution is 5.81. The van der Waals surface area contributed by atoms with Gasteiger partial charge in [-0.05, 0) is 43.6 Å². The van der Waals surface area contributed by atoms with E-state index >= 15 is 0 Å². The van der Waals surface area contributed by atoms with Gasteiger partial charge in [-0.1, -0.05) is 32.0 Å². The van der Waals surface area contributed by atoms with E-state index in [0.29, 0.717) is 0 Å². The van der Waals surface area contributed by atoms with Crippen LogP contribution in [0.1, 0.15) is 36.6 Å². The van der Waals surface area contributed by atoms with Crippen molar-refractivity contribution in [2.45, 2.75) is 33.7 Å². The van der Waals surface area contributed by atoms with E-state index in [0.717, 1.165) is 31.7 Å². The van der Waals surface area contributed by atoms with Gasteiger partial charge in [0.2, 0.25) is 5.91 Å². The first-order valence-corrected chi connectivity index (χ1v) is 7.31. The van der Waals surface area contributed by atoms with Gasteiger partial charge in [0.1, 0.15) is 6.04 Å². The number of hydrogen-bond acceptors (Lipinski definition) is 3. The van der Waals surface area contributed by atoms with Crippen molar-refractivity contribution in [3.05, 3.63) is 34.9 Å². The van der Waals surface area contributed by atoms with Gasteiger partial charge in [-0.15, -0.1) is 0 Å². The number of aryl methyl sites for hydroxylation is 2. The van der Waals surface area contributed by atoms with Crippen molar-refractivity contribution in [3.63, 3.8) is 0 Å². The molecule has 1 amide bonds. The average Bonchev–Trinajstić information content (AvgIpc) is 2.42. The summed E-state index contributed by atoms with van der Waals surface area (Å²) in [5.74, 6) is -0.326. The summed E-state index contributed by atoms with van der Waals surface area (Å²) in [5.41, 5.74) is 8.87. The van der Waals surface area contributed by atoms with Gasteiger partial charge in [0.25, 0.3) is 0 Å². The van der Waals surface area contributed by atoms with Crippen LogP contribution in [0.4, 0.5) is 0 Å². The molecule has 0 spiro atoms. The molecule has 0 bridgehead atoms. The van der Waals surface area contributed by atoms with Crippen molar-refractivity contribution in [3.8, 4) is 0 Å². The molecule has 0 radical (unpaired) electrons. The number of nitrogens with zero attached hydrogens (tertiary/aromatic N) is 1. The molecule has 1 atom stereocenters. The van der Waals surface area contributed by atoms with Crippen LogP contribution in [0.25, 0.3) is 0 Å². The predicted molar refractivity (Wildman–Crippen MR) is 83.6 cm³/mol. The fraction of sp³-hybridized carbons (Fsp3) is 0.562. The lowest BCUT2D eigenvalue weighted by atomic mass is 10.0. The number of likely N-dealkylation sites (N-methyl/N-ethyl adjacent to an activating group) is 1. The summed E-state index contributed by atoms with van der Waals surface area (Å²) < 4.78 is 0. The van der Waals surface area contributed by atoms with Gasteiger partial charge in [0.15, 0.2) is 0 Å². The Balaban J connectivity index is 2.69. The molecule has 0 aliphatic rings. The largest absolute Gasteiger partial charge is 0.368 e. The van der Waals surface area contributed by atoms with E-state index < -0.39 is 6.04 Å². The van der Waals surface area contributed by atoms with Gasteiger partial charge >= 0.3 is 0 Å². The third-order valence-corrected chi connectivity index (χ3v) is 3.82. The topological polar surface area (TPSA) is 58.4 Å². The van der Waals surface area contributed by atoms with Crippen LogP contribution in [0.2, 0.25) is 0 Å². The van der Waals surface area contributed by atoms with Gasteiger partial charge in [0.05, 0.1) is 0 Å². The van der Waals surface area contributed by atoms with Crippen LogP contribution in [0.5, 0.6) is 0 Å². The molecule has 112 valence electrons. The summed E-state index contributed by atoms with van der Waals surface area (Å²) in [6, 6.07) is 5.63. The second kappa shape index (κ2) is 8.02. The maximum atomic E-state index is 11.7. The Labute approximate surface area is 122 Å². The number of nitrogens with one attached hydrogen (secondary N) is 1. The molecule has 1 aromatic rings. The third-order valence-electron chi connectivity index (χ3n) is 3.82. The molecule has 1 rings (SSSR count). The second-order valence-electron chi connectivity index (χ2n) is 5.16. The van der Waals surface area contributed by atoms with Crippen LogP contribution in [0.15, 0.2) is 18.2 Å². The maximum absolute atomic E-state index is 11.7. The van der Waals surface area contributed by atoms with Crippen LogP contribution >= 0.6 is 0 Å². The number of carbonyl (C=O) groups excluding carboxylic acids is 1. The molecule has 1 unspecified atom stereocenters. The molecule has 0 heterocycles. The molecule has 3 N–H and O–H groups in total. The summed E-state index contributed by atoms with van der Waals surface area (Å²) >= 11 is 0. The first kappa shape index (κ1) is 16.7. The number of hydrogen-bond donors (Lipinski definition) is 2. The third kappa shape index (κ3) is 4.62. The quantitative estimate of drug-likeness (QED) is 0.761. The Kier molecular flexibility index (Phi) is 6.68. The van der Waals surface area contributed by atoms with Crippen LogP contribution in [0.3, 0.4) is 0 Å². The molecule has 4 heteroatoms. The minimum absolute atomic E-state index is 0.326. The van der Waals surface area contributed by atoms with Crippen molar-refractivity contribution >= 4 is 5.91 Å². The molecule has 20 heavy (non-hydrogen) atoms. The first-order chi connectivity index (χ1) is 9.49. The zero-order chi connectivity index (χ0) is 15.1. The maximum Gasteiger partial charge on any atom is 0.239 e. The molecule has 4 nitrogen and oxygen atoms in total. The van der Waals surface area contributed by atoms with E-state index in [1.165, 1.54) is 11.1 Å². The number of carbonyl (C=O) groups is 1. The number of primary amides is 1. The lowest BCUT2D eigenvalue weighted by Gasteiger charge is -2.21. The van der Waals surface area contributed by atoms with Gasteiger partial charge in [-0.2, -0.15) is 0 Å². The average molecular weight is 277 g/mol. The molecule has 0 aliphatic heterocycles. The van der Waals surface area contributed by atoms with E-state index in [1.807, 2.05) is 25.1 Å². The monoisotopic (exact) mass is 277 g/mol. The molecule has 1 aromatic carbocycles. The molecule has 0 saturated carbocycles. The normalized spacial score (nSPS) is 12.7. The summed E-state index contributed by atoms with van der Waals surface area (Å²) in [4.78, 5) is 14.0. The Morgan fingerprint density at radius 3 is 2.40 bits per heavy atom.